The van der Waals surface area contributed by atoms with Gasteiger partial charge >= 0.3 is 5.97 Å². The Labute approximate surface area is 164 Å². The van der Waals surface area contributed by atoms with E-state index in [1.807, 2.05) is 0 Å². The molecule has 0 aliphatic heterocycles. The van der Waals surface area contributed by atoms with E-state index in [0.717, 1.165) is 10.1 Å². The molecule has 0 aliphatic rings. The predicted molar refractivity (Wildman–Crippen MR) is 105 cm³/mol. The molecule has 3 rings (SSSR count). The molecule has 0 aliphatic carbocycles. The number of aliphatic carboxylic acids is 1. The lowest BCUT2D eigenvalue weighted by Crippen LogP contribution is -2.33. The van der Waals surface area contributed by atoms with Gasteiger partial charge in [0.05, 0.1) is 6.42 Å². The number of carbonyl (C=O) groups excluding carboxylic acids is 1. The number of hydrogen-bond donors (Lipinski definition) is 3. The number of aryl methyl sites for hydroxylation is 1. The van der Waals surface area contributed by atoms with E-state index in [-0.39, 0.29) is 36.5 Å². The van der Waals surface area contributed by atoms with Crippen LogP contribution in [0.5, 0.6) is 0 Å². The Morgan fingerprint density at radius 1 is 1.18 bits per heavy atom. The van der Waals surface area contributed by atoms with Gasteiger partial charge in [-0.25, -0.2) is 4.98 Å². The summed E-state index contributed by atoms with van der Waals surface area (Å²) >= 11 is 5.84. The van der Waals surface area contributed by atoms with Crippen molar-refractivity contribution in [2.75, 3.05) is 5.73 Å². The van der Waals surface area contributed by atoms with E-state index >= 15 is 0 Å². The summed E-state index contributed by atoms with van der Waals surface area (Å²) < 4.78 is 1.16. The molecule has 0 saturated heterocycles. The van der Waals surface area contributed by atoms with Gasteiger partial charge in [-0.2, -0.15) is 0 Å². The normalized spacial score (nSPS) is 10.8. The molecule has 0 saturated carbocycles. The second-order valence-electron chi connectivity index (χ2n) is 6.12. The van der Waals surface area contributed by atoms with Gasteiger partial charge < -0.3 is 16.2 Å². The maximum Gasteiger partial charge on any atom is 0.305 e. The summed E-state index contributed by atoms with van der Waals surface area (Å²) in [4.78, 5) is 40.5. The van der Waals surface area contributed by atoms with Crippen LogP contribution in [0.25, 0.3) is 11.0 Å². The Morgan fingerprint density at radius 3 is 2.57 bits per heavy atom. The topological polar surface area (TPSA) is 127 Å². The molecule has 144 valence electrons. The lowest BCUT2D eigenvalue weighted by Gasteiger charge is -2.12. The molecule has 1 amide bonds. The first-order valence-electron chi connectivity index (χ1n) is 8.39. The average molecular weight is 401 g/mol. The number of carboxylic acid groups (broad SMARTS) is 1. The van der Waals surface area contributed by atoms with Crippen molar-refractivity contribution >= 4 is 40.3 Å². The molecule has 2 aromatic heterocycles. The third-order valence-corrected chi connectivity index (χ3v) is 4.37. The summed E-state index contributed by atoms with van der Waals surface area (Å²) in [6.07, 6.45) is -0.290. The number of nitrogens with one attached hydrogen (secondary N) is 1. The highest BCUT2D eigenvalue weighted by atomic mass is 35.5. The number of carbonyl (C=O) groups is 2. The fraction of sp³-hybridized carbons (Fsp3) is 0.158. The number of fused-ring (bicyclic) bond motifs is 1. The second kappa shape index (κ2) is 8.10. The molecule has 0 radical (unpaired) electrons. The van der Waals surface area contributed by atoms with Gasteiger partial charge in [0, 0.05) is 23.5 Å². The molecule has 0 unspecified atom stereocenters. The van der Waals surface area contributed by atoms with Crippen molar-refractivity contribution in [1.82, 2.24) is 14.9 Å². The Bertz CT molecular complexity index is 1110. The average Bonchev–Trinajstić information content (AvgIpc) is 2.66. The zero-order valence-electron chi connectivity index (χ0n) is 14.7. The SMILES string of the molecule is Nc1ccc2cc(C(=O)NCc3ccc(Cl)cc3)c(=O)n(CCC(=O)O)c2n1. The Balaban J connectivity index is 1.95. The molecule has 0 spiro atoms. The maximum atomic E-state index is 12.8. The standard InChI is InChI=1S/C19H17ClN4O4/c20-13-4-1-11(2-5-13)10-22-18(27)14-9-12-3-6-15(21)23-17(12)24(19(14)28)8-7-16(25)26/h1-6,9H,7-8,10H2,(H2,21,23)(H,22,27)(H,25,26). The van der Waals surface area contributed by atoms with Crippen molar-refractivity contribution in [3.8, 4) is 0 Å². The summed E-state index contributed by atoms with van der Waals surface area (Å²) in [5.41, 5.74) is 6.02. The first kappa shape index (κ1) is 19.4. The molecule has 28 heavy (non-hydrogen) atoms. The van der Waals surface area contributed by atoms with Crippen molar-refractivity contribution in [3.63, 3.8) is 0 Å². The number of pyridine rings is 2. The molecular weight excluding hydrogens is 384 g/mol. The number of nitrogen functional groups attached to an aromatic ring is 1. The summed E-state index contributed by atoms with van der Waals surface area (Å²) in [6, 6.07) is 11.5. The molecular formula is C19H17ClN4O4. The fourth-order valence-corrected chi connectivity index (χ4v) is 2.84. The summed E-state index contributed by atoms with van der Waals surface area (Å²) in [5, 5.41) is 12.7. The first-order valence-corrected chi connectivity index (χ1v) is 8.77. The molecule has 0 bridgehead atoms. The van der Waals surface area contributed by atoms with Crippen LogP contribution in [0.3, 0.4) is 0 Å². The van der Waals surface area contributed by atoms with Gasteiger partial charge in [-0.3, -0.25) is 19.0 Å². The van der Waals surface area contributed by atoms with Crippen LogP contribution in [0.1, 0.15) is 22.3 Å². The number of nitrogens with zero attached hydrogens (tertiary/aromatic N) is 2. The van der Waals surface area contributed by atoms with Crippen LogP contribution in [-0.4, -0.2) is 26.5 Å². The van der Waals surface area contributed by atoms with Gasteiger partial charge in [0.2, 0.25) is 0 Å². The third-order valence-electron chi connectivity index (χ3n) is 4.12. The van der Waals surface area contributed by atoms with E-state index < -0.39 is 17.4 Å². The van der Waals surface area contributed by atoms with Crippen LogP contribution in [0.15, 0.2) is 47.3 Å². The van der Waals surface area contributed by atoms with Crippen molar-refractivity contribution in [3.05, 3.63) is 69.0 Å². The Hall–Kier alpha value is -3.39. The number of hydrogen-bond acceptors (Lipinski definition) is 5. The van der Waals surface area contributed by atoms with Crippen molar-refractivity contribution in [2.45, 2.75) is 19.5 Å². The molecule has 9 heteroatoms. The highest BCUT2D eigenvalue weighted by molar-refractivity contribution is 6.30. The van der Waals surface area contributed by atoms with Crippen LogP contribution < -0.4 is 16.6 Å². The van der Waals surface area contributed by atoms with Gasteiger partial charge in [0.25, 0.3) is 11.5 Å². The zero-order chi connectivity index (χ0) is 20.3. The highest BCUT2D eigenvalue weighted by Gasteiger charge is 2.17. The van der Waals surface area contributed by atoms with E-state index in [9.17, 15) is 14.4 Å². The van der Waals surface area contributed by atoms with E-state index in [1.165, 1.54) is 6.07 Å². The van der Waals surface area contributed by atoms with Gasteiger partial charge in [-0.15, -0.1) is 0 Å². The Kier molecular flexibility index (Phi) is 5.60. The van der Waals surface area contributed by atoms with Gasteiger partial charge in [0.15, 0.2) is 0 Å². The van der Waals surface area contributed by atoms with E-state index in [2.05, 4.69) is 10.3 Å². The number of anilines is 1. The number of halogens is 1. The maximum absolute atomic E-state index is 12.8. The minimum atomic E-state index is -1.07. The van der Waals surface area contributed by atoms with Crippen molar-refractivity contribution < 1.29 is 14.7 Å². The highest BCUT2D eigenvalue weighted by Crippen LogP contribution is 2.15. The smallest absolute Gasteiger partial charge is 0.305 e. The number of aromatic nitrogens is 2. The predicted octanol–water partition coefficient (Wildman–Crippen LogP) is 2.04. The molecule has 8 nitrogen and oxygen atoms in total. The molecule has 1 aromatic carbocycles. The zero-order valence-corrected chi connectivity index (χ0v) is 15.4. The second-order valence-corrected chi connectivity index (χ2v) is 6.55. The number of carboxylic acids is 1. The molecule has 2 heterocycles. The van der Waals surface area contributed by atoms with Gasteiger partial charge in [-0.05, 0) is 35.9 Å². The first-order chi connectivity index (χ1) is 13.3. The van der Waals surface area contributed by atoms with Gasteiger partial charge in [0.1, 0.15) is 17.0 Å². The minimum Gasteiger partial charge on any atom is -0.481 e. The number of rotatable bonds is 6. The van der Waals surface area contributed by atoms with Crippen LogP contribution in [0.4, 0.5) is 5.82 Å². The van der Waals surface area contributed by atoms with Gasteiger partial charge in [-0.1, -0.05) is 23.7 Å². The number of benzene rings is 1. The lowest BCUT2D eigenvalue weighted by atomic mass is 10.1. The van der Waals surface area contributed by atoms with Crippen LogP contribution in [-0.2, 0) is 17.9 Å². The summed E-state index contributed by atoms with van der Waals surface area (Å²) in [6.45, 7) is 0.0853. The Morgan fingerprint density at radius 2 is 1.89 bits per heavy atom. The third kappa shape index (κ3) is 4.29. The van der Waals surface area contributed by atoms with E-state index in [4.69, 9.17) is 22.4 Å². The van der Waals surface area contributed by atoms with Crippen molar-refractivity contribution in [2.24, 2.45) is 0 Å². The molecule has 0 fully saturated rings. The molecule has 0 atom stereocenters. The molecule has 4 N–H and O–H groups in total. The van der Waals surface area contributed by atoms with Crippen LogP contribution in [0.2, 0.25) is 5.02 Å². The van der Waals surface area contributed by atoms with Crippen LogP contribution >= 0.6 is 11.6 Å². The van der Waals surface area contributed by atoms with Crippen LogP contribution in [0, 0.1) is 0 Å². The van der Waals surface area contributed by atoms with E-state index in [1.54, 1.807) is 36.4 Å². The number of amides is 1. The van der Waals surface area contributed by atoms with E-state index in [0.29, 0.717) is 10.4 Å². The number of nitrogens with two attached hydrogens (primary N) is 1. The fourth-order valence-electron chi connectivity index (χ4n) is 2.72. The minimum absolute atomic E-state index is 0.0987. The largest absolute Gasteiger partial charge is 0.481 e. The quantitative estimate of drug-likeness (QED) is 0.581. The van der Waals surface area contributed by atoms with Crippen molar-refractivity contribution in [1.29, 1.82) is 0 Å². The monoisotopic (exact) mass is 400 g/mol. The summed E-state index contributed by atoms with van der Waals surface area (Å²) in [5.74, 6) is -1.44. The lowest BCUT2D eigenvalue weighted by molar-refractivity contribution is -0.137. The summed E-state index contributed by atoms with van der Waals surface area (Å²) in [7, 11) is 0. The molecule has 3 aromatic rings.